The molecule has 3 aromatic rings. The van der Waals surface area contributed by atoms with Crippen molar-refractivity contribution < 1.29 is 14.2 Å². The number of nitrogens with zero attached hydrogens (tertiary/aromatic N) is 1. The summed E-state index contributed by atoms with van der Waals surface area (Å²) in [6, 6.07) is 17.0. The smallest absolute Gasteiger partial charge is 0.213 e. The maximum absolute atomic E-state index is 6.11. The topological polar surface area (TPSA) is 52.6 Å². The van der Waals surface area contributed by atoms with Crippen LogP contribution in [0.2, 0.25) is 5.02 Å². The van der Waals surface area contributed by atoms with E-state index in [0.29, 0.717) is 48.7 Å². The Morgan fingerprint density at radius 3 is 2.72 bits per heavy atom. The highest BCUT2D eigenvalue weighted by atomic mass is 79.9. The van der Waals surface area contributed by atoms with E-state index in [2.05, 4.69) is 26.2 Å². The van der Waals surface area contributed by atoms with Crippen LogP contribution in [0.15, 0.2) is 65.3 Å². The van der Waals surface area contributed by atoms with E-state index in [1.807, 2.05) is 54.6 Å². The van der Waals surface area contributed by atoms with Crippen LogP contribution < -0.4 is 19.5 Å². The van der Waals surface area contributed by atoms with Crippen molar-refractivity contribution in [1.82, 2.24) is 10.3 Å². The number of nitrogens with one attached hydrogen (secondary N) is 1. The van der Waals surface area contributed by atoms with Gasteiger partial charge in [-0.05, 0) is 35.9 Å². The molecule has 29 heavy (non-hydrogen) atoms. The molecule has 152 valence electrons. The standard InChI is InChI=1S/C22H22BrClN2O3/c1-27-20-9-8-19(23)18(14-25-11-12-28-21-7-2-3-10-26-21)22(20)29-15-16-5-4-6-17(24)13-16/h2-10,13,25H,11-12,14-15H2,1H3. The van der Waals surface area contributed by atoms with Crippen molar-refractivity contribution in [2.45, 2.75) is 13.2 Å². The second-order valence-electron chi connectivity index (χ2n) is 6.17. The molecule has 0 saturated carbocycles. The van der Waals surface area contributed by atoms with Crippen LogP contribution in [-0.4, -0.2) is 25.2 Å². The number of benzene rings is 2. The molecule has 0 radical (unpaired) electrons. The Morgan fingerprint density at radius 2 is 1.97 bits per heavy atom. The Balaban J connectivity index is 1.62. The van der Waals surface area contributed by atoms with Gasteiger partial charge < -0.3 is 19.5 Å². The molecule has 0 aliphatic heterocycles. The predicted molar refractivity (Wildman–Crippen MR) is 118 cm³/mol. The van der Waals surface area contributed by atoms with Crippen molar-refractivity contribution in [3.05, 3.63) is 81.4 Å². The Bertz CT molecular complexity index is 925. The Labute approximate surface area is 184 Å². The largest absolute Gasteiger partial charge is 0.493 e. The lowest BCUT2D eigenvalue weighted by molar-refractivity contribution is 0.278. The lowest BCUT2D eigenvalue weighted by Gasteiger charge is -2.17. The van der Waals surface area contributed by atoms with E-state index in [1.54, 1.807) is 13.3 Å². The summed E-state index contributed by atoms with van der Waals surface area (Å²) >= 11 is 9.69. The van der Waals surface area contributed by atoms with Gasteiger partial charge >= 0.3 is 0 Å². The lowest BCUT2D eigenvalue weighted by atomic mass is 10.1. The molecule has 0 aliphatic rings. The van der Waals surface area contributed by atoms with E-state index in [0.717, 1.165) is 15.6 Å². The number of methoxy groups -OCH3 is 1. The Kier molecular flexibility index (Phi) is 8.16. The summed E-state index contributed by atoms with van der Waals surface area (Å²) in [6.07, 6.45) is 1.71. The second kappa shape index (κ2) is 11.0. The van der Waals surface area contributed by atoms with E-state index >= 15 is 0 Å². The van der Waals surface area contributed by atoms with Crippen molar-refractivity contribution in [3.63, 3.8) is 0 Å². The molecule has 0 aliphatic carbocycles. The first kappa shape index (κ1) is 21.4. The molecule has 1 N–H and O–H groups in total. The van der Waals surface area contributed by atoms with Crippen LogP contribution in [0.1, 0.15) is 11.1 Å². The minimum absolute atomic E-state index is 0.392. The minimum atomic E-state index is 0.392. The molecule has 0 saturated heterocycles. The molecule has 0 fully saturated rings. The van der Waals surface area contributed by atoms with Crippen LogP contribution >= 0.6 is 27.5 Å². The molecular weight excluding hydrogens is 456 g/mol. The van der Waals surface area contributed by atoms with Crippen LogP contribution in [0.25, 0.3) is 0 Å². The number of halogens is 2. The van der Waals surface area contributed by atoms with Gasteiger partial charge in [0.2, 0.25) is 5.88 Å². The van der Waals surface area contributed by atoms with Crippen LogP contribution in [0.4, 0.5) is 0 Å². The van der Waals surface area contributed by atoms with E-state index in [1.165, 1.54) is 0 Å². The fraction of sp³-hybridized carbons (Fsp3) is 0.227. The van der Waals surface area contributed by atoms with Gasteiger partial charge in [-0.2, -0.15) is 0 Å². The first-order valence-corrected chi connectivity index (χ1v) is 10.3. The lowest BCUT2D eigenvalue weighted by Crippen LogP contribution is -2.21. The van der Waals surface area contributed by atoms with E-state index < -0.39 is 0 Å². The van der Waals surface area contributed by atoms with Crippen molar-refractivity contribution in [3.8, 4) is 17.4 Å². The van der Waals surface area contributed by atoms with E-state index in [9.17, 15) is 0 Å². The third-order valence-electron chi connectivity index (χ3n) is 4.13. The predicted octanol–water partition coefficient (Wildman–Crippen LogP) is 5.25. The molecule has 7 heteroatoms. The Hall–Kier alpha value is -2.28. The third kappa shape index (κ3) is 6.35. The van der Waals surface area contributed by atoms with Gasteiger partial charge in [0.15, 0.2) is 11.5 Å². The molecule has 0 bridgehead atoms. The second-order valence-corrected chi connectivity index (χ2v) is 7.46. The van der Waals surface area contributed by atoms with Crippen molar-refractivity contribution in [2.75, 3.05) is 20.3 Å². The number of pyridine rings is 1. The molecule has 1 heterocycles. The summed E-state index contributed by atoms with van der Waals surface area (Å²) in [6.45, 7) is 2.16. The number of hydrogen-bond acceptors (Lipinski definition) is 5. The molecular formula is C22H22BrClN2O3. The molecule has 0 spiro atoms. The summed E-state index contributed by atoms with van der Waals surface area (Å²) in [5.41, 5.74) is 1.96. The summed E-state index contributed by atoms with van der Waals surface area (Å²) in [7, 11) is 1.63. The highest BCUT2D eigenvalue weighted by molar-refractivity contribution is 9.10. The SMILES string of the molecule is COc1ccc(Br)c(CNCCOc2ccccn2)c1OCc1cccc(Cl)c1. The summed E-state index contributed by atoms with van der Waals surface area (Å²) in [5.74, 6) is 1.99. The molecule has 0 amide bonds. The van der Waals surface area contributed by atoms with Crippen molar-refractivity contribution in [1.29, 1.82) is 0 Å². The van der Waals surface area contributed by atoms with Gasteiger partial charge in [0.1, 0.15) is 13.2 Å². The zero-order valence-corrected chi connectivity index (χ0v) is 18.4. The van der Waals surface area contributed by atoms with Gasteiger partial charge in [0.25, 0.3) is 0 Å². The minimum Gasteiger partial charge on any atom is -0.493 e. The first-order valence-electron chi connectivity index (χ1n) is 9.14. The fourth-order valence-corrected chi connectivity index (χ4v) is 3.39. The van der Waals surface area contributed by atoms with Gasteiger partial charge in [-0.3, -0.25) is 0 Å². The van der Waals surface area contributed by atoms with E-state index in [4.69, 9.17) is 25.8 Å². The van der Waals surface area contributed by atoms with Gasteiger partial charge in [0, 0.05) is 40.4 Å². The average molecular weight is 478 g/mol. The fourth-order valence-electron chi connectivity index (χ4n) is 2.72. The van der Waals surface area contributed by atoms with Gasteiger partial charge in [0.05, 0.1) is 7.11 Å². The van der Waals surface area contributed by atoms with Gasteiger partial charge in [-0.1, -0.05) is 45.7 Å². The zero-order chi connectivity index (χ0) is 20.5. The number of aromatic nitrogens is 1. The zero-order valence-electron chi connectivity index (χ0n) is 16.0. The highest BCUT2D eigenvalue weighted by Crippen LogP contribution is 2.36. The van der Waals surface area contributed by atoms with Crippen LogP contribution in [0, 0.1) is 0 Å². The van der Waals surface area contributed by atoms with Crippen molar-refractivity contribution >= 4 is 27.5 Å². The van der Waals surface area contributed by atoms with Gasteiger partial charge in [-0.25, -0.2) is 4.98 Å². The monoisotopic (exact) mass is 476 g/mol. The molecule has 1 aromatic heterocycles. The quantitative estimate of drug-likeness (QED) is 0.404. The van der Waals surface area contributed by atoms with E-state index in [-0.39, 0.29) is 0 Å². The third-order valence-corrected chi connectivity index (χ3v) is 5.11. The van der Waals surface area contributed by atoms with Crippen molar-refractivity contribution in [2.24, 2.45) is 0 Å². The Morgan fingerprint density at radius 1 is 1.07 bits per heavy atom. The summed E-state index contributed by atoms with van der Waals surface area (Å²) in [5, 5.41) is 4.05. The summed E-state index contributed by atoms with van der Waals surface area (Å²) in [4.78, 5) is 4.14. The molecule has 2 aromatic carbocycles. The average Bonchev–Trinajstić information content (AvgIpc) is 2.74. The highest BCUT2D eigenvalue weighted by Gasteiger charge is 2.15. The maximum Gasteiger partial charge on any atom is 0.213 e. The molecule has 5 nitrogen and oxygen atoms in total. The van der Waals surface area contributed by atoms with Gasteiger partial charge in [-0.15, -0.1) is 0 Å². The molecule has 0 atom stereocenters. The number of ether oxygens (including phenoxy) is 3. The first-order chi connectivity index (χ1) is 14.2. The maximum atomic E-state index is 6.11. The normalized spacial score (nSPS) is 10.6. The summed E-state index contributed by atoms with van der Waals surface area (Å²) < 4.78 is 18.2. The van der Waals surface area contributed by atoms with Crippen LogP contribution in [-0.2, 0) is 13.2 Å². The molecule has 3 rings (SSSR count). The van der Waals surface area contributed by atoms with Crippen LogP contribution in [0.3, 0.4) is 0 Å². The number of hydrogen-bond donors (Lipinski definition) is 1. The molecule has 0 unspecified atom stereocenters. The van der Waals surface area contributed by atoms with Crippen LogP contribution in [0.5, 0.6) is 17.4 Å². The number of rotatable bonds is 10.